The summed E-state index contributed by atoms with van der Waals surface area (Å²) in [6, 6.07) is 9.00. The monoisotopic (exact) mass is 249 g/mol. The second kappa shape index (κ2) is 8.98. The molecule has 1 atom stereocenters. The van der Waals surface area contributed by atoms with Gasteiger partial charge in [0.05, 0.1) is 6.61 Å². The van der Waals surface area contributed by atoms with E-state index >= 15 is 0 Å². The van der Waals surface area contributed by atoms with Gasteiger partial charge in [0.1, 0.15) is 5.75 Å². The Morgan fingerprint density at radius 2 is 2.06 bits per heavy atom. The summed E-state index contributed by atoms with van der Waals surface area (Å²) in [6.07, 6.45) is 5.06. The molecule has 0 fully saturated rings. The molecule has 0 saturated carbocycles. The lowest BCUT2D eigenvalue weighted by atomic mass is 10.1. The first-order chi connectivity index (χ1) is 8.80. The molecule has 1 unspecified atom stereocenters. The Morgan fingerprint density at radius 1 is 1.22 bits per heavy atom. The molecule has 0 saturated heterocycles. The maximum absolute atomic E-state index is 5.52. The summed E-state index contributed by atoms with van der Waals surface area (Å²) in [7, 11) is 0. The van der Waals surface area contributed by atoms with Gasteiger partial charge < -0.3 is 10.1 Å². The van der Waals surface area contributed by atoms with Gasteiger partial charge in [-0.1, -0.05) is 38.8 Å². The number of nitrogens with one attached hydrogen (secondary N) is 1. The van der Waals surface area contributed by atoms with Crippen LogP contribution in [0.3, 0.4) is 0 Å². The van der Waals surface area contributed by atoms with Gasteiger partial charge in [-0.05, 0) is 37.5 Å². The Hall–Kier alpha value is -1.02. The molecule has 0 spiro atoms. The second-order valence-electron chi connectivity index (χ2n) is 4.71. The van der Waals surface area contributed by atoms with Crippen molar-refractivity contribution in [2.24, 2.45) is 0 Å². The lowest BCUT2D eigenvalue weighted by Gasteiger charge is -2.17. The van der Waals surface area contributed by atoms with Crippen LogP contribution in [0.2, 0.25) is 0 Å². The zero-order chi connectivity index (χ0) is 13.2. The first-order valence-corrected chi connectivity index (χ1v) is 7.25. The van der Waals surface area contributed by atoms with E-state index in [1.807, 2.05) is 13.0 Å². The summed E-state index contributed by atoms with van der Waals surface area (Å²) in [5.41, 5.74) is 1.30. The number of unbranched alkanes of at least 4 members (excludes halogenated alkanes) is 1. The fraction of sp³-hybridized carbons (Fsp3) is 0.625. The second-order valence-corrected chi connectivity index (χ2v) is 4.71. The van der Waals surface area contributed by atoms with Crippen molar-refractivity contribution in [1.82, 2.24) is 5.32 Å². The summed E-state index contributed by atoms with van der Waals surface area (Å²) in [5.74, 6) is 0.971. The highest BCUT2D eigenvalue weighted by molar-refractivity contribution is 5.28. The Bertz CT molecular complexity index is 325. The molecule has 0 radical (unpaired) electrons. The standard InChI is InChI=1S/C16H27NO/c1-4-7-10-15(5-2)17-13-14-9-8-11-16(12-14)18-6-3/h8-9,11-12,15,17H,4-7,10,13H2,1-3H3. The highest BCUT2D eigenvalue weighted by Crippen LogP contribution is 2.14. The van der Waals surface area contributed by atoms with Crippen LogP contribution in [0, 0.1) is 0 Å². The van der Waals surface area contributed by atoms with Crippen LogP contribution < -0.4 is 10.1 Å². The molecule has 1 rings (SSSR count). The van der Waals surface area contributed by atoms with Crippen molar-refractivity contribution >= 4 is 0 Å². The first-order valence-electron chi connectivity index (χ1n) is 7.25. The van der Waals surface area contributed by atoms with E-state index in [1.165, 1.54) is 31.2 Å². The average molecular weight is 249 g/mol. The normalized spacial score (nSPS) is 12.4. The molecule has 2 nitrogen and oxygen atoms in total. The lowest BCUT2D eigenvalue weighted by Crippen LogP contribution is -2.27. The van der Waals surface area contributed by atoms with Crippen LogP contribution in [0.5, 0.6) is 5.75 Å². The number of rotatable bonds is 9. The summed E-state index contributed by atoms with van der Waals surface area (Å²) in [4.78, 5) is 0. The largest absolute Gasteiger partial charge is 0.494 e. The van der Waals surface area contributed by atoms with Crippen molar-refractivity contribution in [2.75, 3.05) is 6.61 Å². The average Bonchev–Trinajstić information content (AvgIpc) is 2.40. The minimum Gasteiger partial charge on any atom is -0.494 e. The van der Waals surface area contributed by atoms with E-state index in [0.29, 0.717) is 6.04 Å². The van der Waals surface area contributed by atoms with Crippen LogP contribution in [-0.4, -0.2) is 12.6 Å². The highest BCUT2D eigenvalue weighted by Gasteiger charge is 2.05. The van der Waals surface area contributed by atoms with Crippen LogP contribution in [0.4, 0.5) is 0 Å². The maximum Gasteiger partial charge on any atom is 0.119 e. The van der Waals surface area contributed by atoms with Crippen LogP contribution in [0.1, 0.15) is 52.0 Å². The zero-order valence-electron chi connectivity index (χ0n) is 12.0. The molecule has 0 aliphatic carbocycles. The number of ether oxygens (including phenoxy) is 1. The fourth-order valence-corrected chi connectivity index (χ4v) is 2.08. The minimum absolute atomic E-state index is 0.640. The molecule has 0 aliphatic heterocycles. The van der Waals surface area contributed by atoms with Gasteiger partial charge in [0.2, 0.25) is 0 Å². The van der Waals surface area contributed by atoms with Crippen molar-refractivity contribution in [3.8, 4) is 5.75 Å². The van der Waals surface area contributed by atoms with Gasteiger partial charge in [-0.3, -0.25) is 0 Å². The number of hydrogen-bond donors (Lipinski definition) is 1. The van der Waals surface area contributed by atoms with E-state index in [4.69, 9.17) is 4.74 Å². The third kappa shape index (κ3) is 5.54. The molecule has 1 aromatic rings. The number of hydrogen-bond acceptors (Lipinski definition) is 2. The van der Waals surface area contributed by atoms with E-state index < -0.39 is 0 Å². The van der Waals surface area contributed by atoms with Gasteiger partial charge in [0.25, 0.3) is 0 Å². The summed E-state index contributed by atoms with van der Waals surface area (Å²) in [5, 5.41) is 3.63. The molecule has 0 aromatic heterocycles. The predicted octanol–water partition coefficient (Wildman–Crippen LogP) is 4.14. The molecule has 0 heterocycles. The fourth-order valence-electron chi connectivity index (χ4n) is 2.08. The lowest BCUT2D eigenvalue weighted by molar-refractivity contribution is 0.339. The van der Waals surface area contributed by atoms with Crippen molar-refractivity contribution in [3.63, 3.8) is 0 Å². The Balaban J connectivity index is 2.43. The molecule has 0 aliphatic rings. The molecule has 1 N–H and O–H groups in total. The van der Waals surface area contributed by atoms with Gasteiger partial charge in [-0.25, -0.2) is 0 Å². The van der Waals surface area contributed by atoms with E-state index in [9.17, 15) is 0 Å². The predicted molar refractivity (Wildman–Crippen MR) is 78.1 cm³/mol. The van der Waals surface area contributed by atoms with Crippen LogP contribution in [0.25, 0.3) is 0 Å². The van der Waals surface area contributed by atoms with Crippen molar-refractivity contribution in [3.05, 3.63) is 29.8 Å². The summed E-state index contributed by atoms with van der Waals surface area (Å²) >= 11 is 0. The third-order valence-corrected chi connectivity index (χ3v) is 3.20. The SMILES string of the molecule is CCCCC(CC)NCc1cccc(OCC)c1. The molecular formula is C16H27NO. The Morgan fingerprint density at radius 3 is 2.72 bits per heavy atom. The van der Waals surface area contributed by atoms with E-state index in [1.54, 1.807) is 0 Å². The van der Waals surface area contributed by atoms with Crippen LogP contribution in [-0.2, 0) is 6.54 Å². The van der Waals surface area contributed by atoms with Gasteiger partial charge in [0, 0.05) is 12.6 Å². The Labute approximate surface area is 112 Å². The van der Waals surface area contributed by atoms with Gasteiger partial charge in [0.15, 0.2) is 0 Å². The van der Waals surface area contributed by atoms with Crippen LogP contribution >= 0.6 is 0 Å². The smallest absolute Gasteiger partial charge is 0.119 e. The van der Waals surface area contributed by atoms with E-state index in [-0.39, 0.29) is 0 Å². The third-order valence-electron chi connectivity index (χ3n) is 3.20. The summed E-state index contributed by atoms with van der Waals surface area (Å²) < 4.78 is 5.52. The highest BCUT2D eigenvalue weighted by atomic mass is 16.5. The molecule has 102 valence electrons. The van der Waals surface area contributed by atoms with Gasteiger partial charge in [-0.2, -0.15) is 0 Å². The molecule has 18 heavy (non-hydrogen) atoms. The van der Waals surface area contributed by atoms with Gasteiger partial charge in [-0.15, -0.1) is 0 Å². The molecule has 0 bridgehead atoms. The van der Waals surface area contributed by atoms with E-state index in [0.717, 1.165) is 18.9 Å². The van der Waals surface area contributed by atoms with E-state index in [2.05, 4.69) is 37.4 Å². The summed E-state index contributed by atoms with van der Waals surface area (Å²) in [6.45, 7) is 8.18. The quantitative estimate of drug-likeness (QED) is 0.710. The van der Waals surface area contributed by atoms with Crippen molar-refractivity contribution in [2.45, 2.75) is 59.0 Å². The first kappa shape index (κ1) is 15.0. The molecule has 2 heteroatoms. The van der Waals surface area contributed by atoms with Gasteiger partial charge >= 0.3 is 0 Å². The maximum atomic E-state index is 5.52. The minimum atomic E-state index is 0.640. The molecular weight excluding hydrogens is 222 g/mol. The zero-order valence-corrected chi connectivity index (χ0v) is 12.0. The van der Waals surface area contributed by atoms with Crippen molar-refractivity contribution in [1.29, 1.82) is 0 Å². The molecule has 0 amide bonds. The van der Waals surface area contributed by atoms with Crippen molar-refractivity contribution < 1.29 is 4.74 Å². The number of benzene rings is 1. The molecule has 1 aromatic carbocycles. The Kier molecular flexibility index (Phi) is 7.51. The van der Waals surface area contributed by atoms with Crippen LogP contribution in [0.15, 0.2) is 24.3 Å². The topological polar surface area (TPSA) is 21.3 Å².